The summed E-state index contributed by atoms with van der Waals surface area (Å²) in [7, 11) is 0.372. The number of hydrogen-bond acceptors (Lipinski definition) is 7. The number of sulfonamides is 1. The molecule has 1 aliphatic heterocycles. The molecule has 4 aromatic rings. The Hall–Kier alpha value is -4.22. The molecule has 1 atom stereocenters. The Morgan fingerprint density at radius 3 is 2.45 bits per heavy atom. The van der Waals surface area contributed by atoms with E-state index in [0.29, 0.717) is 28.3 Å². The van der Waals surface area contributed by atoms with Crippen LogP contribution in [0.1, 0.15) is 23.1 Å². The quantitative estimate of drug-likeness (QED) is 0.210. The minimum atomic E-state index is -4.50. The van der Waals surface area contributed by atoms with Gasteiger partial charge in [0.05, 0.1) is 27.0 Å². The van der Waals surface area contributed by atoms with Gasteiger partial charge in [0.1, 0.15) is 33.8 Å². The Bertz CT molecular complexity index is 1710. The van der Waals surface area contributed by atoms with Gasteiger partial charge in [0.15, 0.2) is 0 Å². The van der Waals surface area contributed by atoms with Gasteiger partial charge in [-0.25, -0.2) is 26.5 Å². The lowest BCUT2D eigenvalue weighted by Gasteiger charge is -2.30. The summed E-state index contributed by atoms with van der Waals surface area (Å²) in [4.78, 5) is 7.91. The van der Waals surface area contributed by atoms with Crippen molar-refractivity contribution in [2.75, 3.05) is 43.6 Å². The number of likely N-dealkylation sites (tertiary alicyclic amines) is 1. The summed E-state index contributed by atoms with van der Waals surface area (Å²) in [5, 5.41) is 0. The van der Waals surface area contributed by atoms with E-state index in [4.69, 9.17) is 9.47 Å². The third kappa shape index (κ3) is 6.63. The molecule has 0 radical (unpaired) electrons. The summed E-state index contributed by atoms with van der Waals surface area (Å²) < 4.78 is 69.6. The van der Waals surface area contributed by atoms with Gasteiger partial charge in [0.2, 0.25) is 0 Å². The van der Waals surface area contributed by atoms with E-state index in [1.807, 2.05) is 30.1 Å². The molecule has 0 spiro atoms. The maximum Gasteiger partial charge on any atom is 0.268 e. The average molecular weight is 623 g/mol. The van der Waals surface area contributed by atoms with Crippen LogP contribution in [0.4, 0.5) is 20.3 Å². The van der Waals surface area contributed by atoms with Crippen LogP contribution >= 0.6 is 0 Å². The van der Waals surface area contributed by atoms with Crippen molar-refractivity contribution >= 4 is 21.5 Å². The fourth-order valence-corrected chi connectivity index (χ4v) is 7.12. The number of rotatable bonds is 11. The van der Waals surface area contributed by atoms with E-state index in [2.05, 4.69) is 22.0 Å². The molecule has 2 heterocycles. The van der Waals surface area contributed by atoms with Crippen molar-refractivity contribution in [1.82, 2.24) is 9.88 Å². The summed E-state index contributed by atoms with van der Waals surface area (Å²) in [6, 6.07) is 20.3. The van der Waals surface area contributed by atoms with Crippen molar-refractivity contribution in [3.63, 3.8) is 0 Å². The van der Waals surface area contributed by atoms with Crippen LogP contribution in [0.5, 0.6) is 11.5 Å². The first-order valence-electron chi connectivity index (χ1n) is 14.2. The van der Waals surface area contributed by atoms with Gasteiger partial charge in [-0.1, -0.05) is 30.3 Å². The number of benzene rings is 3. The summed E-state index contributed by atoms with van der Waals surface area (Å²) in [5.41, 5.74) is 2.96. The normalized spacial score (nSPS) is 15.3. The highest BCUT2D eigenvalue weighted by Gasteiger charge is 2.32. The molecule has 232 valence electrons. The van der Waals surface area contributed by atoms with Gasteiger partial charge in [-0.3, -0.25) is 4.90 Å². The first-order valence-corrected chi connectivity index (χ1v) is 15.7. The highest BCUT2D eigenvalue weighted by molar-refractivity contribution is 7.92. The number of methoxy groups -OCH3 is 2. The number of hydrogen-bond donors (Lipinski definition) is 0. The number of likely N-dealkylation sites (N-methyl/N-ethyl adjacent to an activating group) is 1. The number of ether oxygens (including phenoxy) is 2. The Balaban J connectivity index is 1.44. The Kier molecular flexibility index (Phi) is 9.36. The molecule has 8 nitrogen and oxygen atoms in total. The number of aryl methyl sites for hydroxylation is 1. The van der Waals surface area contributed by atoms with Crippen molar-refractivity contribution in [3.8, 4) is 11.5 Å². The first-order chi connectivity index (χ1) is 21.1. The van der Waals surface area contributed by atoms with Gasteiger partial charge >= 0.3 is 0 Å². The summed E-state index contributed by atoms with van der Waals surface area (Å²) in [5.74, 6) is -0.681. The van der Waals surface area contributed by atoms with E-state index < -0.39 is 26.6 Å². The number of halogens is 2. The maximum atomic E-state index is 15.9. The predicted octanol–water partition coefficient (Wildman–Crippen LogP) is 5.79. The molecule has 1 aliphatic rings. The van der Waals surface area contributed by atoms with Crippen LogP contribution in [0.3, 0.4) is 0 Å². The van der Waals surface area contributed by atoms with E-state index in [0.717, 1.165) is 42.6 Å². The summed E-state index contributed by atoms with van der Waals surface area (Å²) >= 11 is 0. The molecule has 1 unspecified atom stereocenters. The van der Waals surface area contributed by atoms with Crippen LogP contribution in [0.25, 0.3) is 0 Å². The highest BCUT2D eigenvalue weighted by atomic mass is 32.2. The van der Waals surface area contributed by atoms with Crippen molar-refractivity contribution < 1.29 is 26.7 Å². The molecule has 1 fully saturated rings. The molecular formula is C33H36F2N4O4S. The predicted molar refractivity (Wildman–Crippen MR) is 167 cm³/mol. The molecule has 1 aromatic heterocycles. The van der Waals surface area contributed by atoms with Crippen molar-refractivity contribution in [2.24, 2.45) is 0 Å². The molecule has 1 saturated heterocycles. The topological polar surface area (TPSA) is 75.2 Å². The van der Waals surface area contributed by atoms with E-state index in [-0.39, 0.29) is 18.4 Å². The van der Waals surface area contributed by atoms with Crippen LogP contribution in [-0.2, 0) is 23.1 Å². The number of anilines is 2. The van der Waals surface area contributed by atoms with Crippen molar-refractivity contribution in [1.29, 1.82) is 0 Å². The lowest BCUT2D eigenvalue weighted by Crippen LogP contribution is -2.35. The Morgan fingerprint density at radius 2 is 1.77 bits per heavy atom. The van der Waals surface area contributed by atoms with Crippen LogP contribution < -0.4 is 18.7 Å². The monoisotopic (exact) mass is 622 g/mol. The van der Waals surface area contributed by atoms with Gasteiger partial charge in [-0.05, 0) is 60.9 Å². The molecule has 5 rings (SSSR count). The Labute approximate surface area is 257 Å². The fraction of sp³-hybridized carbons (Fsp3) is 0.303. The highest BCUT2D eigenvalue weighted by Crippen LogP contribution is 2.34. The van der Waals surface area contributed by atoms with Gasteiger partial charge in [0.25, 0.3) is 10.0 Å². The first kappa shape index (κ1) is 31.2. The lowest BCUT2D eigenvalue weighted by molar-refractivity contribution is 0.326. The number of pyridine rings is 1. The number of nitrogens with zero attached hydrogens (tertiary/aromatic N) is 4. The molecule has 0 bridgehead atoms. The second-order valence-electron chi connectivity index (χ2n) is 10.9. The second-order valence-corrected chi connectivity index (χ2v) is 12.7. The molecule has 0 saturated carbocycles. The van der Waals surface area contributed by atoms with Gasteiger partial charge in [0, 0.05) is 50.0 Å². The van der Waals surface area contributed by atoms with Gasteiger partial charge < -0.3 is 14.4 Å². The SMILES string of the molecule is COc1ccc(CN(c2ccc(F)cn2)S(=O)(=O)c2cc(C)c(N(C)C3CCN(Cc4ccccc4)C3)cc2F)c(OC)c1. The molecule has 0 N–H and O–H groups in total. The fourth-order valence-electron chi connectivity index (χ4n) is 5.59. The summed E-state index contributed by atoms with van der Waals surface area (Å²) in [6.45, 7) is 4.08. The third-order valence-corrected chi connectivity index (χ3v) is 9.78. The van der Waals surface area contributed by atoms with Gasteiger partial charge in [-0.2, -0.15) is 0 Å². The zero-order valence-electron chi connectivity index (χ0n) is 25.2. The number of aromatic nitrogens is 1. The Morgan fingerprint density at radius 1 is 1.00 bits per heavy atom. The minimum absolute atomic E-state index is 0.0630. The van der Waals surface area contributed by atoms with Crippen molar-refractivity contribution in [2.45, 2.75) is 37.4 Å². The van der Waals surface area contributed by atoms with Crippen LogP contribution in [-0.4, -0.2) is 58.7 Å². The molecule has 44 heavy (non-hydrogen) atoms. The molecule has 0 amide bonds. The molecule has 0 aliphatic carbocycles. The molecule has 11 heteroatoms. The van der Waals surface area contributed by atoms with Crippen LogP contribution in [0.15, 0.2) is 83.9 Å². The maximum absolute atomic E-state index is 15.9. The molecule has 3 aromatic carbocycles. The largest absolute Gasteiger partial charge is 0.497 e. The van der Waals surface area contributed by atoms with Crippen LogP contribution in [0.2, 0.25) is 0 Å². The zero-order chi connectivity index (χ0) is 31.4. The standard InChI is InChI=1S/C33H36F2N4O4S/c1-23-16-32(29(35)18-30(23)37(2)27-14-15-38(22-27)20-24-8-6-5-7-9-24)44(40,41)39(33-13-11-26(34)19-36-33)21-25-10-12-28(42-3)17-31(25)43-4/h5-13,16-19,27H,14-15,20-22H2,1-4H3. The van der Waals surface area contributed by atoms with E-state index in [1.54, 1.807) is 25.1 Å². The lowest BCUT2D eigenvalue weighted by atomic mass is 10.1. The van der Waals surface area contributed by atoms with Crippen molar-refractivity contribution in [3.05, 3.63) is 107 Å². The zero-order valence-corrected chi connectivity index (χ0v) is 26.0. The van der Waals surface area contributed by atoms with E-state index in [1.165, 1.54) is 38.0 Å². The van der Waals surface area contributed by atoms with Gasteiger partial charge in [-0.15, -0.1) is 0 Å². The summed E-state index contributed by atoms with van der Waals surface area (Å²) in [6.07, 6.45) is 1.82. The smallest absolute Gasteiger partial charge is 0.268 e. The van der Waals surface area contributed by atoms with Crippen LogP contribution in [0, 0.1) is 18.6 Å². The average Bonchev–Trinajstić information content (AvgIpc) is 3.49. The minimum Gasteiger partial charge on any atom is -0.497 e. The second kappa shape index (κ2) is 13.2. The van der Waals surface area contributed by atoms with E-state index in [9.17, 15) is 12.8 Å². The molecular weight excluding hydrogens is 586 g/mol. The third-order valence-electron chi connectivity index (χ3n) is 8.02. The van der Waals surface area contributed by atoms with E-state index >= 15 is 4.39 Å².